The molecule has 7 unspecified atom stereocenters. The Bertz CT molecular complexity index is 1900. The molecule has 0 heterocycles. The van der Waals surface area contributed by atoms with Gasteiger partial charge in [-0.3, -0.25) is 4.79 Å². The second-order valence-electron chi connectivity index (χ2n) is 20.1. The lowest BCUT2D eigenvalue weighted by atomic mass is 9.89. The van der Waals surface area contributed by atoms with Crippen molar-refractivity contribution in [3.05, 3.63) is 144 Å². The lowest BCUT2D eigenvalue weighted by Crippen LogP contribution is -2.53. The van der Waals surface area contributed by atoms with Gasteiger partial charge in [0.15, 0.2) is 22.4 Å². The van der Waals surface area contributed by atoms with Gasteiger partial charge in [0.25, 0.3) is 0 Å². The molecule has 2 fully saturated rings. The van der Waals surface area contributed by atoms with Crippen LogP contribution < -0.4 is 0 Å². The third-order valence-corrected chi connectivity index (χ3v) is 22.1. The summed E-state index contributed by atoms with van der Waals surface area (Å²) in [5.41, 5.74) is 4.35. The van der Waals surface area contributed by atoms with Crippen LogP contribution in [0, 0.1) is 0 Å². The van der Waals surface area contributed by atoms with E-state index in [-0.39, 0.29) is 53.8 Å². The maximum absolute atomic E-state index is 13.1. The molecule has 0 bridgehead atoms. The van der Waals surface area contributed by atoms with E-state index < -0.39 is 28.8 Å². The van der Waals surface area contributed by atoms with Crippen molar-refractivity contribution in [3.8, 4) is 0 Å². The number of ketones is 1. The van der Waals surface area contributed by atoms with Gasteiger partial charge >= 0.3 is 0 Å². The van der Waals surface area contributed by atoms with Gasteiger partial charge in [0.1, 0.15) is 12.2 Å². The zero-order valence-electron chi connectivity index (χ0n) is 39.1. The number of Topliss-reactive ketones (excluding diaryl/α,β-unsaturated/α-hetero) is 1. The van der Waals surface area contributed by atoms with Gasteiger partial charge in [0.2, 0.25) is 0 Å². The molecule has 346 valence electrons. The highest BCUT2D eigenvalue weighted by molar-refractivity contribution is 6.74. The number of rotatable bonds is 16. The number of carbonyl (C=O) groups is 1. The van der Waals surface area contributed by atoms with Crippen molar-refractivity contribution in [2.75, 3.05) is 0 Å². The first-order chi connectivity index (χ1) is 29.3. The first-order valence-corrected chi connectivity index (χ1v) is 28.3. The van der Waals surface area contributed by atoms with E-state index in [1.54, 1.807) is 0 Å². The van der Waals surface area contributed by atoms with Gasteiger partial charge in [-0.05, 0) is 58.5 Å². The van der Waals surface area contributed by atoms with Crippen molar-refractivity contribution < 1.29 is 37.7 Å². The Morgan fingerprint density at radius 3 is 1.27 bits per heavy atom. The fraction of sp³-hybridized carbons (Fsp3) is 0.528. The van der Waals surface area contributed by atoms with Crippen molar-refractivity contribution >= 4 is 22.4 Å². The number of aliphatic hydroxyl groups excluding tert-OH is 1. The fourth-order valence-electron chi connectivity index (χ4n) is 7.35. The molecule has 4 aromatic rings. The molecular formula is C53H78O8Si2. The average Bonchev–Trinajstić information content (AvgIpc) is 3.22. The molecule has 0 saturated heterocycles. The quantitative estimate of drug-likeness (QED) is 0.111. The van der Waals surface area contributed by atoms with E-state index in [2.05, 4.69) is 79.9 Å². The Kier molecular flexibility index (Phi) is 19.7. The van der Waals surface area contributed by atoms with Gasteiger partial charge in [0, 0.05) is 25.7 Å². The normalized spacial score (nSPS) is 23.3. The summed E-state index contributed by atoms with van der Waals surface area (Å²) in [6, 6.07) is 40.2. The molecule has 10 heteroatoms. The SMILES string of the molecule is C.CC(C)(C)[Si](C)(C)OC1CC(=O)C(OCc2ccccc2)C(OCc2ccccc2)C1.CC(C)(C)[Si](C)(C)OC1CC(O)C(OCc2ccccc2)C(OCc2ccccc2)C1. The molecule has 2 aliphatic carbocycles. The summed E-state index contributed by atoms with van der Waals surface area (Å²) in [7, 11) is -3.92. The summed E-state index contributed by atoms with van der Waals surface area (Å²) in [4.78, 5) is 13.1. The topological polar surface area (TPSA) is 92.7 Å². The lowest BCUT2D eigenvalue weighted by molar-refractivity contribution is -0.169. The summed E-state index contributed by atoms with van der Waals surface area (Å²) >= 11 is 0. The smallest absolute Gasteiger partial charge is 0.192 e. The molecular weight excluding hydrogens is 821 g/mol. The van der Waals surface area contributed by atoms with Gasteiger partial charge in [-0.15, -0.1) is 0 Å². The second-order valence-corrected chi connectivity index (χ2v) is 29.6. The Morgan fingerprint density at radius 2 is 0.857 bits per heavy atom. The predicted octanol–water partition coefficient (Wildman–Crippen LogP) is 12.2. The third kappa shape index (κ3) is 16.0. The zero-order chi connectivity index (χ0) is 45.0. The minimum absolute atomic E-state index is 0. The van der Waals surface area contributed by atoms with E-state index >= 15 is 0 Å². The van der Waals surface area contributed by atoms with Gasteiger partial charge < -0.3 is 32.9 Å². The van der Waals surface area contributed by atoms with Crippen LogP contribution in [0.5, 0.6) is 0 Å². The standard InChI is InChI=1S/C26H38O4Si.C26H36O4Si.CH4/c2*1-26(2,3)31(4,5)30-22-16-23(27)25(29-19-21-14-10-7-11-15-21)24(17-22)28-18-20-12-8-6-9-13-20;/h6-15,22-25,27H,16-19H2,1-5H3;6-15,22,24-25H,16-19H2,1-5H3;1H4. The minimum Gasteiger partial charge on any atom is -0.414 e. The molecule has 6 rings (SSSR count). The molecule has 0 radical (unpaired) electrons. The monoisotopic (exact) mass is 899 g/mol. The minimum atomic E-state index is -1.98. The van der Waals surface area contributed by atoms with Crippen LogP contribution in [0.25, 0.3) is 0 Å². The van der Waals surface area contributed by atoms with E-state index in [1.165, 1.54) is 0 Å². The number of ether oxygens (including phenoxy) is 4. The van der Waals surface area contributed by atoms with Crippen molar-refractivity contribution in [1.82, 2.24) is 0 Å². The van der Waals surface area contributed by atoms with E-state index in [4.69, 9.17) is 27.8 Å². The van der Waals surface area contributed by atoms with Crippen LogP contribution in [0.2, 0.25) is 36.3 Å². The Balaban J connectivity index is 0.000000272. The molecule has 0 amide bonds. The van der Waals surface area contributed by atoms with Crippen LogP contribution in [-0.2, 0) is 59.0 Å². The fourth-order valence-corrected chi connectivity index (χ4v) is 10.1. The van der Waals surface area contributed by atoms with Gasteiger partial charge in [-0.25, -0.2) is 0 Å². The van der Waals surface area contributed by atoms with E-state index in [0.29, 0.717) is 45.7 Å². The van der Waals surface area contributed by atoms with Crippen molar-refractivity contribution in [1.29, 1.82) is 0 Å². The molecule has 2 saturated carbocycles. The van der Waals surface area contributed by atoms with Crippen LogP contribution in [0.4, 0.5) is 0 Å². The average molecular weight is 899 g/mol. The summed E-state index contributed by atoms with van der Waals surface area (Å²) < 4.78 is 38.1. The van der Waals surface area contributed by atoms with Crippen LogP contribution in [0.3, 0.4) is 0 Å². The van der Waals surface area contributed by atoms with E-state index in [1.807, 2.05) is 109 Å². The highest BCUT2D eigenvalue weighted by atomic mass is 28.4. The van der Waals surface area contributed by atoms with Crippen LogP contribution in [-0.4, -0.2) is 70.3 Å². The molecule has 2 aliphatic rings. The van der Waals surface area contributed by atoms with Gasteiger partial charge in [-0.1, -0.05) is 170 Å². The lowest BCUT2D eigenvalue weighted by Gasteiger charge is -2.44. The summed E-state index contributed by atoms with van der Waals surface area (Å²) in [6.45, 7) is 24.2. The number of carbonyl (C=O) groups excluding carboxylic acids is 1. The Hall–Kier alpha value is -3.30. The van der Waals surface area contributed by atoms with Crippen molar-refractivity contribution in [3.63, 3.8) is 0 Å². The first-order valence-electron chi connectivity index (χ1n) is 22.5. The molecule has 4 aromatic carbocycles. The summed E-state index contributed by atoms with van der Waals surface area (Å²) in [6.07, 6.45) is 0.134. The molecule has 1 N–H and O–H groups in total. The second kappa shape index (κ2) is 23.8. The predicted molar refractivity (Wildman–Crippen MR) is 260 cm³/mol. The number of hydrogen-bond acceptors (Lipinski definition) is 8. The maximum atomic E-state index is 13.1. The molecule has 0 aromatic heterocycles. The van der Waals surface area contributed by atoms with E-state index in [0.717, 1.165) is 28.7 Å². The van der Waals surface area contributed by atoms with Crippen LogP contribution in [0.1, 0.15) is 96.9 Å². The summed E-state index contributed by atoms with van der Waals surface area (Å²) in [5.74, 6) is 0.0731. The Morgan fingerprint density at radius 1 is 0.508 bits per heavy atom. The van der Waals surface area contributed by atoms with Crippen LogP contribution in [0.15, 0.2) is 121 Å². The number of benzene rings is 4. The van der Waals surface area contributed by atoms with Crippen molar-refractivity contribution in [2.45, 2.75) is 180 Å². The number of hydrogen-bond donors (Lipinski definition) is 1. The number of aliphatic hydroxyl groups is 1. The molecule has 0 spiro atoms. The highest BCUT2D eigenvalue weighted by Crippen LogP contribution is 2.41. The Labute approximate surface area is 382 Å². The molecule has 63 heavy (non-hydrogen) atoms. The molecule has 8 nitrogen and oxygen atoms in total. The largest absolute Gasteiger partial charge is 0.414 e. The van der Waals surface area contributed by atoms with Crippen LogP contribution >= 0.6 is 0 Å². The highest BCUT2D eigenvalue weighted by Gasteiger charge is 2.46. The zero-order valence-corrected chi connectivity index (χ0v) is 41.1. The molecule has 0 aliphatic heterocycles. The van der Waals surface area contributed by atoms with Crippen molar-refractivity contribution in [2.24, 2.45) is 0 Å². The third-order valence-electron chi connectivity index (χ3n) is 13.0. The summed E-state index contributed by atoms with van der Waals surface area (Å²) in [5, 5.41) is 11.2. The van der Waals surface area contributed by atoms with E-state index in [9.17, 15) is 9.90 Å². The molecule has 7 atom stereocenters. The van der Waals surface area contributed by atoms with Gasteiger partial charge in [-0.2, -0.15) is 0 Å². The first kappa shape index (κ1) is 52.3. The maximum Gasteiger partial charge on any atom is 0.192 e. The van der Waals surface area contributed by atoms with Gasteiger partial charge in [0.05, 0.1) is 56.9 Å².